The molecule has 0 fully saturated rings. The monoisotopic (exact) mass is 295 g/mol. The fourth-order valence-electron chi connectivity index (χ4n) is 2.40. The van der Waals surface area contributed by atoms with Crippen molar-refractivity contribution in [2.45, 2.75) is 59.5 Å². The number of carboxylic acids is 1. The zero-order chi connectivity index (χ0) is 16.2. The van der Waals surface area contributed by atoms with Crippen LogP contribution in [0, 0.1) is 13.8 Å². The molecule has 21 heavy (non-hydrogen) atoms. The van der Waals surface area contributed by atoms with Crippen molar-refractivity contribution in [3.63, 3.8) is 0 Å². The van der Waals surface area contributed by atoms with Gasteiger partial charge < -0.3 is 10.0 Å². The van der Waals surface area contributed by atoms with E-state index in [0.29, 0.717) is 0 Å². The number of hydrogen-bond donors (Lipinski definition) is 1. The predicted molar refractivity (Wildman–Crippen MR) is 80.1 cm³/mol. The van der Waals surface area contributed by atoms with E-state index in [-0.39, 0.29) is 31.0 Å². The molecule has 0 aliphatic carbocycles. The zero-order valence-corrected chi connectivity index (χ0v) is 13.5. The highest BCUT2D eigenvalue weighted by Crippen LogP contribution is 2.17. The van der Waals surface area contributed by atoms with Gasteiger partial charge >= 0.3 is 5.97 Å². The third-order valence-corrected chi connectivity index (χ3v) is 3.68. The van der Waals surface area contributed by atoms with Crippen LogP contribution in [-0.4, -0.2) is 44.3 Å². The second kappa shape index (κ2) is 7.24. The van der Waals surface area contributed by atoms with Crippen LogP contribution >= 0.6 is 0 Å². The predicted octanol–water partition coefficient (Wildman–Crippen LogP) is 2.16. The number of aromatic nitrogens is 2. The van der Waals surface area contributed by atoms with Gasteiger partial charge in [-0.05, 0) is 40.2 Å². The average molecular weight is 295 g/mol. The summed E-state index contributed by atoms with van der Waals surface area (Å²) >= 11 is 0. The average Bonchev–Trinajstić information content (AvgIpc) is 2.73. The largest absolute Gasteiger partial charge is 0.480 e. The van der Waals surface area contributed by atoms with E-state index in [4.69, 9.17) is 5.11 Å². The molecular weight excluding hydrogens is 270 g/mol. The molecule has 0 aliphatic heterocycles. The number of carboxylic acid groups (broad SMARTS) is 1. The number of aliphatic carboxylic acids is 1. The lowest BCUT2D eigenvalue weighted by atomic mass is 10.1. The summed E-state index contributed by atoms with van der Waals surface area (Å²) < 4.78 is 1.82. The Balaban J connectivity index is 2.80. The van der Waals surface area contributed by atoms with Gasteiger partial charge in [0.2, 0.25) is 5.91 Å². The minimum atomic E-state index is -0.984. The maximum absolute atomic E-state index is 12.4. The minimum absolute atomic E-state index is 0.0822. The van der Waals surface area contributed by atoms with E-state index in [1.54, 1.807) is 0 Å². The molecule has 1 rings (SSSR count). The van der Waals surface area contributed by atoms with Crippen LogP contribution in [0.4, 0.5) is 0 Å². The van der Waals surface area contributed by atoms with Crippen LogP contribution in [0.25, 0.3) is 0 Å². The maximum Gasteiger partial charge on any atom is 0.323 e. The van der Waals surface area contributed by atoms with E-state index >= 15 is 0 Å². The Kier molecular flexibility index (Phi) is 5.93. The van der Waals surface area contributed by atoms with Crippen LogP contribution in [0.1, 0.15) is 51.0 Å². The van der Waals surface area contributed by atoms with Gasteiger partial charge in [-0.25, -0.2) is 0 Å². The summed E-state index contributed by atoms with van der Waals surface area (Å²) in [5.41, 5.74) is 1.91. The molecule has 1 N–H and O–H groups in total. The fraction of sp³-hybridized carbons (Fsp3) is 0.667. The summed E-state index contributed by atoms with van der Waals surface area (Å²) in [4.78, 5) is 24.8. The molecule has 6 nitrogen and oxygen atoms in total. The Morgan fingerprint density at radius 2 is 2.00 bits per heavy atom. The molecular formula is C15H25N3O3. The standard InChI is InChI=1S/C15H25N3O3/c1-6-11(3)17(9-15(20)21)14(19)8-13(5)18-12(4)7-10(2)16-18/h7,11,13H,6,8-9H2,1-5H3,(H,20,21). The topological polar surface area (TPSA) is 75.4 Å². The summed E-state index contributed by atoms with van der Waals surface area (Å²) in [6.07, 6.45) is 0.979. The molecule has 2 atom stereocenters. The maximum atomic E-state index is 12.4. The van der Waals surface area contributed by atoms with Gasteiger partial charge in [0, 0.05) is 18.2 Å². The number of amides is 1. The lowest BCUT2D eigenvalue weighted by Gasteiger charge is -2.28. The lowest BCUT2D eigenvalue weighted by molar-refractivity contribution is -0.146. The normalized spacial score (nSPS) is 13.8. The summed E-state index contributed by atoms with van der Waals surface area (Å²) in [5.74, 6) is -1.13. The molecule has 2 unspecified atom stereocenters. The van der Waals surface area contributed by atoms with Gasteiger partial charge in [-0.15, -0.1) is 0 Å². The molecule has 1 aromatic heterocycles. The second-order valence-corrected chi connectivity index (χ2v) is 5.60. The summed E-state index contributed by atoms with van der Waals surface area (Å²) in [6.45, 7) is 9.34. The molecule has 1 heterocycles. The van der Waals surface area contributed by atoms with Crippen molar-refractivity contribution in [2.24, 2.45) is 0 Å². The van der Waals surface area contributed by atoms with Crippen molar-refractivity contribution >= 4 is 11.9 Å². The SMILES string of the molecule is CCC(C)N(CC(=O)O)C(=O)CC(C)n1nc(C)cc1C. The van der Waals surface area contributed by atoms with E-state index in [2.05, 4.69) is 5.10 Å². The molecule has 0 bridgehead atoms. The smallest absolute Gasteiger partial charge is 0.323 e. The number of carbonyl (C=O) groups excluding carboxylic acids is 1. The number of aryl methyl sites for hydroxylation is 2. The Labute approximate surface area is 125 Å². The van der Waals surface area contributed by atoms with Gasteiger partial charge in [-0.2, -0.15) is 5.10 Å². The highest BCUT2D eigenvalue weighted by Gasteiger charge is 2.24. The van der Waals surface area contributed by atoms with Crippen molar-refractivity contribution in [2.75, 3.05) is 6.54 Å². The van der Waals surface area contributed by atoms with Crippen LogP contribution < -0.4 is 0 Å². The van der Waals surface area contributed by atoms with Gasteiger partial charge in [-0.3, -0.25) is 14.3 Å². The van der Waals surface area contributed by atoms with E-state index in [0.717, 1.165) is 17.8 Å². The van der Waals surface area contributed by atoms with E-state index < -0.39 is 5.97 Å². The molecule has 1 aromatic rings. The van der Waals surface area contributed by atoms with Gasteiger partial charge in [-0.1, -0.05) is 6.92 Å². The summed E-state index contributed by atoms with van der Waals surface area (Å²) in [7, 11) is 0. The summed E-state index contributed by atoms with van der Waals surface area (Å²) in [6, 6.07) is 1.79. The van der Waals surface area contributed by atoms with Crippen molar-refractivity contribution in [3.05, 3.63) is 17.5 Å². The van der Waals surface area contributed by atoms with Crippen molar-refractivity contribution in [3.8, 4) is 0 Å². The van der Waals surface area contributed by atoms with Gasteiger partial charge in [0.15, 0.2) is 0 Å². The van der Waals surface area contributed by atoms with Crippen LogP contribution in [0.15, 0.2) is 6.07 Å². The first kappa shape index (κ1) is 17.2. The quantitative estimate of drug-likeness (QED) is 0.836. The van der Waals surface area contributed by atoms with Gasteiger partial charge in [0.1, 0.15) is 6.54 Å². The molecule has 0 radical (unpaired) electrons. The lowest BCUT2D eigenvalue weighted by Crippen LogP contribution is -2.42. The van der Waals surface area contributed by atoms with Crippen molar-refractivity contribution in [1.82, 2.24) is 14.7 Å². The third kappa shape index (κ3) is 4.58. The Morgan fingerprint density at radius 1 is 1.38 bits per heavy atom. The molecule has 0 aromatic carbocycles. The molecule has 0 aliphatic rings. The van der Waals surface area contributed by atoms with E-state index in [1.165, 1.54) is 4.90 Å². The van der Waals surface area contributed by atoms with Gasteiger partial charge in [0.25, 0.3) is 0 Å². The molecule has 118 valence electrons. The Bertz CT molecular complexity index is 510. The second-order valence-electron chi connectivity index (χ2n) is 5.60. The van der Waals surface area contributed by atoms with Crippen molar-refractivity contribution < 1.29 is 14.7 Å². The number of hydrogen-bond acceptors (Lipinski definition) is 3. The van der Waals surface area contributed by atoms with Crippen LogP contribution in [0.3, 0.4) is 0 Å². The first-order valence-electron chi connectivity index (χ1n) is 7.30. The summed E-state index contributed by atoms with van der Waals surface area (Å²) in [5, 5.41) is 13.3. The first-order chi connectivity index (χ1) is 9.76. The highest BCUT2D eigenvalue weighted by molar-refractivity contribution is 5.81. The first-order valence-corrected chi connectivity index (χ1v) is 7.30. The molecule has 0 saturated heterocycles. The fourth-order valence-corrected chi connectivity index (χ4v) is 2.40. The van der Waals surface area contributed by atoms with Crippen molar-refractivity contribution in [1.29, 1.82) is 0 Å². The highest BCUT2D eigenvalue weighted by atomic mass is 16.4. The number of carbonyl (C=O) groups is 2. The van der Waals surface area contributed by atoms with Crippen LogP contribution in [-0.2, 0) is 9.59 Å². The van der Waals surface area contributed by atoms with E-state index in [1.807, 2.05) is 45.4 Å². The minimum Gasteiger partial charge on any atom is -0.480 e. The third-order valence-electron chi connectivity index (χ3n) is 3.68. The zero-order valence-electron chi connectivity index (χ0n) is 13.5. The number of rotatable bonds is 7. The van der Waals surface area contributed by atoms with Crippen LogP contribution in [0.5, 0.6) is 0 Å². The number of nitrogens with zero attached hydrogens (tertiary/aromatic N) is 3. The van der Waals surface area contributed by atoms with Crippen LogP contribution in [0.2, 0.25) is 0 Å². The molecule has 0 spiro atoms. The van der Waals surface area contributed by atoms with Gasteiger partial charge in [0.05, 0.1) is 11.7 Å². The molecule has 0 saturated carbocycles. The van der Waals surface area contributed by atoms with E-state index in [9.17, 15) is 9.59 Å². The Morgan fingerprint density at radius 3 is 2.43 bits per heavy atom. The molecule has 6 heteroatoms. The molecule has 1 amide bonds. The Hall–Kier alpha value is -1.85.